The molecular formula is C12H10ClN5O2S. The van der Waals surface area contributed by atoms with Gasteiger partial charge in [0, 0.05) is 12.4 Å². The summed E-state index contributed by atoms with van der Waals surface area (Å²) in [5.41, 5.74) is 0.842. The zero-order valence-electron chi connectivity index (χ0n) is 10.6. The summed E-state index contributed by atoms with van der Waals surface area (Å²) in [5.74, 6) is 0. The molecule has 0 atom stereocenters. The Morgan fingerprint density at radius 2 is 2.10 bits per heavy atom. The Morgan fingerprint density at radius 3 is 2.76 bits per heavy atom. The maximum Gasteiger partial charge on any atom is 0.278 e. The second-order valence-electron chi connectivity index (χ2n) is 4.13. The number of nitrogens with zero attached hydrogens (tertiary/aromatic N) is 3. The molecule has 0 radical (unpaired) electrons. The van der Waals surface area contributed by atoms with E-state index in [4.69, 9.17) is 11.6 Å². The minimum Gasteiger partial charge on any atom is -0.303 e. The van der Waals surface area contributed by atoms with Gasteiger partial charge in [-0.3, -0.25) is 9.82 Å². The number of hydrogen-bond donors (Lipinski definition) is 2. The SMILES string of the molecule is O=S(=O)(Nc1cccc(Cl)c1-n1ccnc1)c1ccn[nH]1. The number of imidazole rings is 1. The fourth-order valence-corrected chi connectivity index (χ4v) is 3.09. The van der Waals surface area contributed by atoms with Crippen LogP contribution in [0.2, 0.25) is 5.02 Å². The number of aromatic nitrogens is 4. The second-order valence-corrected chi connectivity index (χ2v) is 6.19. The number of rotatable bonds is 4. The van der Waals surface area contributed by atoms with Gasteiger partial charge in [0.2, 0.25) is 0 Å². The molecular weight excluding hydrogens is 314 g/mol. The van der Waals surface area contributed by atoms with E-state index in [-0.39, 0.29) is 5.03 Å². The second kappa shape index (κ2) is 5.23. The van der Waals surface area contributed by atoms with Crippen molar-refractivity contribution in [3.05, 3.63) is 54.2 Å². The van der Waals surface area contributed by atoms with Crippen LogP contribution in [-0.4, -0.2) is 28.2 Å². The lowest BCUT2D eigenvalue weighted by Crippen LogP contribution is -2.15. The molecule has 9 heteroatoms. The van der Waals surface area contributed by atoms with E-state index < -0.39 is 10.0 Å². The maximum absolute atomic E-state index is 12.2. The van der Waals surface area contributed by atoms with Crippen LogP contribution in [0.15, 0.2) is 54.2 Å². The van der Waals surface area contributed by atoms with Crippen LogP contribution in [0.3, 0.4) is 0 Å². The minimum absolute atomic E-state index is 0.0287. The summed E-state index contributed by atoms with van der Waals surface area (Å²) in [6, 6.07) is 6.32. The molecule has 0 spiro atoms. The van der Waals surface area contributed by atoms with Crippen molar-refractivity contribution in [2.75, 3.05) is 4.72 Å². The number of aromatic amines is 1. The zero-order valence-corrected chi connectivity index (χ0v) is 12.1. The fourth-order valence-electron chi connectivity index (χ4n) is 1.84. The Bertz CT molecular complexity index is 844. The molecule has 2 aromatic heterocycles. The van der Waals surface area contributed by atoms with Gasteiger partial charge in [0.15, 0.2) is 5.03 Å². The summed E-state index contributed by atoms with van der Waals surface area (Å²) in [7, 11) is -3.76. The van der Waals surface area contributed by atoms with Gasteiger partial charge in [-0.05, 0) is 18.2 Å². The summed E-state index contributed by atoms with van der Waals surface area (Å²) in [6.45, 7) is 0. The van der Waals surface area contributed by atoms with Gasteiger partial charge >= 0.3 is 0 Å². The van der Waals surface area contributed by atoms with Gasteiger partial charge in [-0.1, -0.05) is 17.7 Å². The summed E-state index contributed by atoms with van der Waals surface area (Å²) in [4.78, 5) is 3.94. The average Bonchev–Trinajstić information content (AvgIpc) is 3.12. The standard InChI is InChI=1S/C12H10ClN5O2S/c13-9-2-1-3-10(12(9)18-7-6-14-8-18)17-21(19,20)11-4-5-15-16-11/h1-8,17H,(H,15,16). The highest BCUT2D eigenvalue weighted by Gasteiger charge is 2.19. The van der Waals surface area contributed by atoms with Gasteiger partial charge in [-0.2, -0.15) is 13.5 Å². The molecule has 0 unspecified atom stereocenters. The van der Waals surface area contributed by atoms with E-state index >= 15 is 0 Å². The lowest BCUT2D eigenvalue weighted by molar-refractivity contribution is 0.597. The number of hydrogen-bond acceptors (Lipinski definition) is 4. The van der Waals surface area contributed by atoms with Crippen LogP contribution in [0.5, 0.6) is 0 Å². The molecule has 0 saturated carbocycles. The molecule has 0 amide bonds. The van der Waals surface area contributed by atoms with Crippen molar-refractivity contribution in [1.82, 2.24) is 19.7 Å². The van der Waals surface area contributed by atoms with Crippen molar-refractivity contribution in [1.29, 1.82) is 0 Å². The van der Waals surface area contributed by atoms with Gasteiger partial charge in [0.05, 0.1) is 28.9 Å². The Morgan fingerprint density at radius 1 is 1.24 bits per heavy atom. The number of halogens is 1. The summed E-state index contributed by atoms with van der Waals surface area (Å²) < 4.78 is 28.6. The molecule has 2 N–H and O–H groups in total. The first-order valence-electron chi connectivity index (χ1n) is 5.87. The first-order valence-corrected chi connectivity index (χ1v) is 7.73. The van der Waals surface area contributed by atoms with Crippen molar-refractivity contribution in [3.63, 3.8) is 0 Å². The first kappa shape index (κ1) is 13.7. The molecule has 3 aromatic rings. The fraction of sp³-hybridized carbons (Fsp3) is 0. The topological polar surface area (TPSA) is 92.7 Å². The average molecular weight is 324 g/mol. The summed E-state index contributed by atoms with van der Waals surface area (Å²) in [6.07, 6.45) is 6.16. The lowest BCUT2D eigenvalue weighted by atomic mass is 10.2. The third-order valence-electron chi connectivity index (χ3n) is 2.76. The van der Waals surface area contributed by atoms with E-state index in [0.29, 0.717) is 16.4 Å². The van der Waals surface area contributed by atoms with E-state index in [1.807, 2.05) is 0 Å². The predicted octanol–water partition coefficient (Wildman–Crippen LogP) is 2.05. The highest BCUT2D eigenvalue weighted by molar-refractivity contribution is 7.92. The monoisotopic (exact) mass is 323 g/mol. The third kappa shape index (κ3) is 2.63. The van der Waals surface area contributed by atoms with Crippen molar-refractivity contribution >= 4 is 27.3 Å². The van der Waals surface area contributed by atoms with Gasteiger partial charge in [0.1, 0.15) is 0 Å². The summed E-state index contributed by atoms with van der Waals surface area (Å²) >= 11 is 6.17. The van der Waals surface area contributed by atoms with Gasteiger partial charge in [-0.15, -0.1) is 0 Å². The molecule has 0 aliphatic carbocycles. The van der Waals surface area contributed by atoms with Gasteiger partial charge < -0.3 is 4.57 Å². The van der Waals surface area contributed by atoms with E-state index in [9.17, 15) is 8.42 Å². The zero-order chi connectivity index (χ0) is 14.9. The van der Waals surface area contributed by atoms with Crippen LogP contribution >= 0.6 is 11.6 Å². The van der Waals surface area contributed by atoms with E-state index in [2.05, 4.69) is 19.9 Å². The molecule has 0 aliphatic rings. The molecule has 3 rings (SSSR count). The molecule has 108 valence electrons. The van der Waals surface area contributed by atoms with Crippen LogP contribution in [-0.2, 0) is 10.0 Å². The predicted molar refractivity (Wildman–Crippen MR) is 78.0 cm³/mol. The molecule has 0 bridgehead atoms. The Balaban J connectivity index is 2.07. The summed E-state index contributed by atoms with van der Waals surface area (Å²) in [5, 5.41) is 6.42. The van der Waals surface area contributed by atoms with E-state index in [0.717, 1.165) is 0 Å². The third-order valence-corrected chi connectivity index (χ3v) is 4.36. The van der Waals surface area contributed by atoms with Crippen LogP contribution in [0.4, 0.5) is 5.69 Å². The Kier molecular flexibility index (Phi) is 3.40. The molecule has 2 heterocycles. The van der Waals surface area contributed by atoms with Crippen LogP contribution in [0, 0.1) is 0 Å². The number of sulfonamides is 1. The van der Waals surface area contributed by atoms with Crippen LogP contribution < -0.4 is 4.72 Å². The molecule has 0 fully saturated rings. The lowest BCUT2D eigenvalue weighted by Gasteiger charge is -2.13. The quantitative estimate of drug-likeness (QED) is 0.768. The van der Waals surface area contributed by atoms with Gasteiger partial charge in [0.25, 0.3) is 10.0 Å². The van der Waals surface area contributed by atoms with Gasteiger partial charge in [-0.25, -0.2) is 4.98 Å². The first-order chi connectivity index (χ1) is 10.1. The van der Waals surface area contributed by atoms with Crippen LogP contribution in [0.1, 0.15) is 0 Å². The smallest absolute Gasteiger partial charge is 0.278 e. The number of para-hydroxylation sites is 1. The normalized spacial score (nSPS) is 11.5. The maximum atomic E-state index is 12.2. The van der Waals surface area contributed by atoms with Crippen LogP contribution in [0.25, 0.3) is 5.69 Å². The van der Waals surface area contributed by atoms with E-state index in [1.54, 1.807) is 35.2 Å². The minimum atomic E-state index is -3.76. The number of benzene rings is 1. The van der Waals surface area contributed by atoms with Crippen molar-refractivity contribution < 1.29 is 8.42 Å². The number of nitrogens with one attached hydrogen (secondary N) is 2. The van der Waals surface area contributed by atoms with Crippen molar-refractivity contribution in [3.8, 4) is 5.69 Å². The molecule has 7 nitrogen and oxygen atoms in total. The molecule has 0 aliphatic heterocycles. The van der Waals surface area contributed by atoms with E-state index in [1.165, 1.54) is 18.6 Å². The van der Waals surface area contributed by atoms with Crippen molar-refractivity contribution in [2.45, 2.75) is 5.03 Å². The molecule has 21 heavy (non-hydrogen) atoms. The Labute approximate surface area is 125 Å². The highest BCUT2D eigenvalue weighted by Crippen LogP contribution is 2.29. The Hall–Kier alpha value is -2.32. The largest absolute Gasteiger partial charge is 0.303 e. The highest BCUT2D eigenvalue weighted by atomic mass is 35.5. The number of H-pyrrole nitrogens is 1. The number of anilines is 1. The van der Waals surface area contributed by atoms with Crippen molar-refractivity contribution in [2.24, 2.45) is 0 Å². The molecule has 1 aromatic carbocycles. The molecule has 0 saturated heterocycles.